The minimum Gasteiger partial charge on any atom is -0.502 e. The van der Waals surface area contributed by atoms with Gasteiger partial charge >= 0.3 is 9.28 Å². The Hall–Kier alpha value is -0.323. The Morgan fingerprint density at radius 1 is 1.45 bits per heavy atom. The third kappa shape index (κ3) is 4.18. The standard InChI is InChI=1S/C7H15O3Si/c1-5-10-6-7(2)11(8-3)9-4/h5,7H,1,6H2,2-4H3. The van der Waals surface area contributed by atoms with Crippen LogP contribution in [0.2, 0.25) is 5.54 Å². The molecule has 0 aliphatic rings. The van der Waals surface area contributed by atoms with Crippen molar-refractivity contribution >= 4 is 9.28 Å². The van der Waals surface area contributed by atoms with E-state index in [0.717, 1.165) is 0 Å². The Bertz CT molecular complexity index is 104. The highest BCUT2D eigenvalue weighted by molar-refractivity contribution is 6.46. The lowest BCUT2D eigenvalue weighted by Gasteiger charge is -2.16. The molecule has 3 nitrogen and oxygen atoms in total. The second kappa shape index (κ2) is 6.39. The van der Waals surface area contributed by atoms with E-state index in [1.54, 1.807) is 14.2 Å². The van der Waals surface area contributed by atoms with Gasteiger partial charge in [-0.3, -0.25) is 0 Å². The molecule has 0 rings (SSSR count). The SMILES string of the molecule is C=COCC(C)[Si](OC)OC. The van der Waals surface area contributed by atoms with Crippen molar-refractivity contribution in [2.45, 2.75) is 12.5 Å². The van der Waals surface area contributed by atoms with Crippen molar-refractivity contribution in [3.63, 3.8) is 0 Å². The fraction of sp³-hybridized carbons (Fsp3) is 0.714. The van der Waals surface area contributed by atoms with Gasteiger partial charge in [0, 0.05) is 19.8 Å². The Balaban J connectivity index is 3.59. The summed E-state index contributed by atoms with van der Waals surface area (Å²) in [5.74, 6) is 0. The summed E-state index contributed by atoms with van der Waals surface area (Å²) in [4.78, 5) is 0. The Morgan fingerprint density at radius 2 is 2.00 bits per heavy atom. The van der Waals surface area contributed by atoms with E-state index in [1.807, 2.05) is 6.92 Å². The lowest BCUT2D eigenvalue weighted by atomic mass is 10.5. The molecule has 1 unspecified atom stereocenters. The molecule has 0 aromatic heterocycles. The van der Waals surface area contributed by atoms with Crippen molar-refractivity contribution in [2.24, 2.45) is 0 Å². The molecule has 0 aromatic rings. The average molecular weight is 175 g/mol. The van der Waals surface area contributed by atoms with E-state index < -0.39 is 9.28 Å². The second-order valence-electron chi connectivity index (χ2n) is 2.13. The van der Waals surface area contributed by atoms with Gasteiger partial charge in [0.2, 0.25) is 0 Å². The fourth-order valence-electron chi connectivity index (χ4n) is 0.766. The van der Waals surface area contributed by atoms with E-state index in [2.05, 4.69) is 6.58 Å². The third-order valence-electron chi connectivity index (χ3n) is 1.27. The first-order valence-corrected chi connectivity index (χ1v) is 4.83. The van der Waals surface area contributed by atoms with E-state index in [9.17, 15) is 0 Å². The highest BCUT2D eigenvalue weighted by atomic mass is 28.3. The van der Waals surface area contributed by atoms with Gasteiger partial charge in [-0.15, -0.1) is 0 Å². The first-order valence-electron chi connectivity index (χ1n) is 3.43. The minimum atomic E-state index is -1.15. The number of hydrogen-bond donors (Lipinski definition) is 0. The van der Waals surface area contributed by atoms with Gasteiger partial charge in [-0.25, -0.2) is 0 Å². The smallest absolute Gasteiger partial charge is 0.390 e. The molecule has 1 radical (unpaired) electrons. The summed E-state index contributed by atoms with van der Waals surface area (Å²) < 4.78 is 15.3. The van der Waals surface area contributed by atoms with E-state index in [1.165, 1.54) is 6.26 Å². The zero-order chi connectivity index (χ0) is 8.69. The van der Waals surface area contributed by atoms with Crippen molar-refractivity contribution in [2.75, 3.05) is 20.8 Å². The van der Waals surface area contributed by atoms with Gasteiger partial charge in [0.1, 0.15) is 0 Å². The monoisotopic (exact) mass is 175 g/mol. The summed E-state index contributed by atoms with van der Waals surface area (Å²) in [6.07, 6.45) is 1.43. The summed E-state index contributed by atoms with van der Waals surface area (Å²) in [5.41, 5.74) is 0.313. The summed E-state index contributed by atoms with van der Waals surface area (Å²) in [6, 6.07) is 0. The molecule has 0 spiro atoms. The van der Waals surface area contributed by atoms with Crippen molar-refractivity contribution in [1.82, 2.24) is 0 Å². The quantitative estimate of drug-likeness (QED) is 0.450. The molecule has 11 heavy (non-hydrogen) atoms. The molecule has 4 heteroatoms. The molecule has 0 N–H and O–H groups in total. The van der Waals surface area contributed by atoms with Crippen LogP contribution in [0.1, 0.15) is 6.92 Å². The first kappa shape index (κ1) is 10.7. The van der Waals surface area contributed by atoms with Crippen molar-refractivity contribution in [3.05, 3.63) is 12.8 Å². The molecular weight excluding hydrogens is 160 g/mol. The van der Waals surface area contributed by atoms with Gasteiger partial charge in [-0.05, 0) is 0 Å². The Labute approximate surface area is 69.8 Å². The maximum Gasteiger partial charge on any atom is 0.390 e. The van der Waals surface area contributed by atoms with Gasteiger partial charge in [-0.2, -0.15) is 0 Å². The van der Waals surface area contributed by atoms with E-state index in [4.69, 9.17) is 13.6 Å². The van der Waals surface area contributed by atoms with E-state index >= 15 is 0 Å². The molecule has 0 aliphatic heterocycles. The summed E-state index contributed by atoms with van der Waals surface area (Å²) in [5, 5.41) is 0. The molecule has 0 fully saturated rings. The van der Waals surface area contributed by atoms with Crippen LogP contribution in [0.15, 0.2) is 12.8 Å². The van der Waals surface area contributed by atoms with Crippen LogP contribution in [-0.4, -0.2) is 30.1 Å². The molecule has 65 valence electrons. The average Bonchev–Trinajstić information content (AvgIpc) is 2.03. The van der Waals surface area contributed by atoms with Gasteiger partial charge in [0.05, 0.1) is 12.9 Å². The van der Waals surface area contributed by atoms with Crippen LogP contribution in [0.4, 0.5) is 0 Å². The predicted octanol–water partition coefficient (Wildman–Crippen LogP) is 1.32. The number of ether oxygens (including phenoxy) is 1. The second-order valence-corrected chi connectivity index (χ2v) is 4.57. The van der Waals surface area contributed by atoms with Crippen LogP contribution in [0, 0.1) is 0 Å². The zero-order valence-corrected chi connectivity index (χ0v) is 8.29. The highest BCUT2D eigenvalue weighted by Gasteiger charge is 2.21. The summed E-state index contributed by atoms with van der Waals surface area (Å²) in [6.45, 7) is 6.09. The summed E-state index contributed by atoms with van der Waals surface area (Å²) in [7, 11) is 2.16. The molecule has 0 amide bonds. The predicted molar refractivity (Wildman–Crippen MR) is 45.3 cm³/mol. The van der Waals surface area contributed by atoms with Crippen LogP contribution >= 0.6 is 0 Å². The zero-order valence-electron chi connectivity index (χ0n) is 7.29. The highest BCUT2D eigenvalue weighted by Crippen LogP contribution is 2.10. The van der Waals surface area contributed by atoms with Crippen molar-refractivity contribution < 1.29 is 13.6 Å². The Morgan fingerprint density at radius 3 is 2.36 bits per heavy atom. The maximum absolute atomic E-state index is 5.12. The van der Waals surface area contributed by atoms with Gasteiger partial charge in [0.25, 0.3) is 0 Å². The van der Waals surface area contributed by atoms with E-state index in [0.29, 0.717) is 12.1 Å². The molecule has 0 saturated heterocycles. The normalized spacial score (nSPS) is 13.1. The largest absolute Gasteiger partial charge is 0.502 e. The van der Waals surface area contributed by atoms with Crippen LogP contribution in [0.3, 0.4) is 0 Å². The molecule has 0 aromatic carbocycles. The lowest BCUT2D eigenvalue weighted by Crippen LogP contribution is -2.26. The minimum absolute atomic E-state index is 0.313. The fourth-order valence-corrected chi connectivity index (χ4v) is 1.97. The lowest BCUT2D eigenvalue weighted by molar-refractivity contribution is 0.211. The van der Waals surface area contributed by atoms with Crippen LogP contribution in [0.5, 0.6) is 0 Å². The van der Waals surface area contributed by atoms with Gasteiger partial charge in [-0.1, -0.05) is 13.5 Å². The molecule has 0 aliphatic carbocycles. The van der Waals surface area contributed by atoms with Crippen LogP contribution < -0.4 is 0 Å². The first-order chi connectivity index (χ1) is 5.26. The molecule has 0 heterocycles. The molecule has 0 bridgehead atoms. The van der Waals surface area contributed by atoms with Gasteiger partial charge < -0.3 is 13.6 Å². The Kier molecular flexibility index (Phi) is 6.20. The number of hydrogen-bond acceptors (Lipinski definition) is 3. The van der Waals surface area contributed by atoms with Crippen LogP contribution in [-0.2, 0) is 13.6 Å². The van der Waals surface area contributed by atoms with Crippen LogP contribution in [0.25, 0.3) is 0 Å². The van der Waals surface area contributed by atoms with Gasteiger partial charge in [0.15, 0.2) is 0 Å². The van der Waals surface area contributed by atoms with Crippen molar-refractivity contribution in [1.29, 1.82) is 0 Å². The molecular formula is C7H15O3Si. The molecule has 0 saturated carbocycles. The number of rotatable bonds is 6. The maximum atomic E-state index is 5.12. The van der Waals surface area contributed by atoms with E-state index in [-0.39, 0.29) is 0 Å². The topological polar surface area (TPSA) is 27.7 Å². The molecule has 1 atom stereocenters. The summed E-state index contributed by atoms with van der Waals surface area (Å²) >= 11 is 0. The third-order valence-corrected chi connectivity index (χ3v) is 3.04. The van der Waals surface area contributed by atoms with Crippen molar-refractivity contribution in [3.8, 4) is 0 Å².